The van der Waals surface area contributed by atoms with Crippen molar-refractivity contribution in [1.29, 1.82) is 0 Å². The maximum atomic E-state index is 12.2. The molecule has 0 bridgehead atoms. The van der Waals surface area contributed by atoms with E-state index in [1.807, 2.05) is 36.4 Å². The Morgan fingerprint density at radius 3 is 2.62 bits per heavy atom. The van der Waals surface area contributed by atoms with Gasteiger partial charge in [0.25, 0.3) is 5.91 Å². The summed E-state index contributed by atoms with van der Waals surface area (Å²) in [6, 6.07) is 22.5. The summed E-state index contributed by atoms with van der Waals surface area (Å²) in [5, 5.41) is 5.23. The third-order valence-corrected chi connectivity index (χ3v) is 4.43. The Morgan fingerprint density at radius 1 is 1.00 bits per heavy atom. The van der Waals surface area contributed by atoms with Crippen LogP contribution in [0.2, 0.25) is 0 Å². The Hall–Kier alpha value is -2.81. The number of carbonyl (C=O) groups excluding carboxylic acids is 1. The van der Waals surface area contributed by atoms with Crippen molar-refractivity contribution in [3.63, 3.8) is 0 Å². The van der Waals surface area contributed by atoms with Crippen LogP contribution in [0.3, 0.4) is 0 Å². The standard InChI is InChI=1S/C23H25NO2/c1-17-7-5-8-19(15-17)9-6-14-24-23(25)18(2)26-22-13-12-20-10-3-4-11-21(20)16-22/h3-5,7-8,10-13,15-16,18H,6,9,14H2,1-2H3,(H,24,25)/t18-/m1/s1. The lowest BCUT2D eigenvalue weighted by atomic mass is 10.1. The zero-order chi connectivity index (χ0) is 18.4. The van der Waals surface area contributed by atoms with Gasteiger partial charge in [-0.1, -0.05) is 60.2 Å². The molecule has 3 nitrogen and oxygen atoms in total. The van der Waals surface area contributed by atoms with Crippen LogP contribution in [0.4, 0.5) is 0 Å². The third-order valence-electron chi connectivity index (χ3n) is 4.43. The first kappa shape index (κ1) is 18.0. The summed E-state index contributed by atoms with van der Waals surface area (Å²) >= 11 is 0. The van der Waals surface area contributed by atoms with Crippen molar-refractivity contribution in [3.8, 4) is 5.75 Å². The van der Waals surface area contributed by atoms with E-state index in [1.165, 1.54) is 11.1 Å². The van der Waals surface area contributed by atoms with Crippen molar-refractivity contribution < 1.29 is 9.53 Å². The zero-order valence-corrected chi connectivity index (χ0v) is 15.4. The Kier molecular flexibility index (Phi) is 5.90. The molecule has 0 saturated carbocycles. The number of ether oxygens (including phenoxy) is 1. The molecule has 134 valence electrons. The van der Waals surface area contributed by atoms with Crippen LogP contribution >= 0.6 is 0 Å². The fraction of sp³-hybridized carbons (Fsp3) is 0.261. The first-order valence-corrected chi connectivity index (χ1v) is 9.10. The first-order chi connectivity index (χ1) is 12.6. The average molecular weight is 347 g/mol. The molecule has 0 spiro atoms. The van der Waals surface area contributed by atoms with Gasteiger partial charge in [0, 0.05) is 6.54 Å². The van der Waals surface area contributed by atoms with E-state index >= 15 is 0 Å². The molecule has 1 atom stereocenters. The summed E-state index contributed by atoms with van der Waals surface area (Å²) in [6.45, 7) is 4.53. The van der Waals surface area contributed by atoms with Gasteiger partial charge in [0.05, 0.1) is 0 Å². The summed E-state index contributed by atoms with van der Waals surface area (Å²) in [6.07, 6.45) is 1.36. The first-order valence-electron chi connectivity index (χ1n) is 9.10. The SMILES string of the molecule is Cc1cccc(CCCNC(=O)[C@@H](C)Oc2ccc3ccccc3c2)c1. The molecule has 0 radical (unpaired) electrons. The molecule has 1 amide bonds. The third kappa shape index (κ3) is 4.85. The number of benzene rings is 3. The highest BCUT2D eigenvalue weighted by molar-refractivity contribution is 5.84. The minimum Gasteiger partial charge on any atom is -0.481 e. The number of carbonyl (C=O) groups is 1. The second kappa shape index (κ2) is 8.52. The normalized spacial score (nSPS) is 11.9. The molecule has 3 rings (SSSR count). The minimum atomic E-state index is -0.518. The highest BCUT2D eigenvalue weighted by atomic mass is 16.5. The molecule has 26 heavy (non-hydrogen) atoms. The van der Waals surface area contributed by atoms with Crippen LogP contribution < -0.4 is 10.1 Å². The molecule has 0 aliphatic heterocycles. The molecule has 0 aromatic heterocycles. The fourth-order valence-corrected chi connectivity index (χ4v) is 3.01. The highest BCUT2D eigenvalue weighted by Crippen LogP contribution is 2.21. The van der Waals surface area contributed by atoms with Crippen LogP contribution in [0, 0.1) is 6.92 Å². The molecule has 3 heteroatoms. The summed E-state index contributed by atoms with van der Waals surface area (Å²) in [5.41, 5.74) is 2.57. The summed E-state index contributed by atoms with van der Waals surface area (Å²) in [4.78, 5) is 12.2. The Morgan fingerprint density at radius 2 is 1.81 bits per heavy atom. The van der Waals surface area contributed by atoms with E-state index in [1.54, 1.807) is 6.92 Å². The van der Waals surface area contributed by atoms with Crippen LogP contribution in [0.1, 0.15) is 24.5 Å². The fourth-order valence-electron chi connectivity index (χ4n) is 3.01. The quantitative estimate of drug-likeness (QED) is 0.631. The van der Waals surface area contributed by atoms with Crippen molar-refractivity contribution in [2.45, 2.75) is 32.8 Å². The molecule has 3 aromatic carbocycles. The van der Waals surface area contributed by atoms with E-state index in [-0.39, 0.29) is 5.91 Å². The zero-order valence-electron chi connectivity index (χ0n) is 15.4. The molecule has 0 fully saturated rings. The van der Waals surface area contributed by atoms with E-state index in [4.69, 9.17) is 4.74 Å². The van der Waals surface area contributed by atoms with Crippen LogP contribution in [-0.2, 0) is 11.2 Å². The minimum absolute atomic E-state index is 0.0811. The predicted molar refractivity (Wildman–Crippen MR) is 107 cm³/mol. The number of aryl methyl sites for hydroxylation is 2. The maximum absolute atomic E-state index is 12.2. The highest BCUT2D eigenvalue weighted by Gasteiger charge is 2.14. The Labute approximate surface area is 155 Å². The van der Waals surface area contributed by atoms with Crippen molar-refractivity contribution in [1.82, 2.24) is 5.32 Å². The molecule has 0 aliphatic rings. The van der Waals surface area contributed by atoms with Gasteiger partial charge in [-0.25, -0.2) is 0 Å². The monoisotopic (exact) mass is 347 g/mol. The van der Waals surface area contributed by atoms with Gasteiger partial charge in [0.15, 0.2) is 6.10 Å². The van der Waals surface area contributed by atoms with E-state index in [0.717, 1.165) is 23.6 Å². The van der Waals surface area contributed by atoms with Crippen molar-refractivity contribution in [3.05, 3.63) is 77.9 Å². The topological polar surface area (TPSA) is 38.3 Å². The van der Waals surface area contributed by atoms with E-state index < -0.39 is 6.10 Å². The van der Waals surface area contributed by atoms with Gasteiger partial charge in [-0.05, 0) is 55.2 Å². The van der Waals surface area contributed by atoms with Crippen LogP contribution in [0.5, 0.6) is 5.75 Å². The van der Waals surface area contributed by atoms with Gasteiger partial charge >= 0.3 is 0 Å². The lowest BCUT2D eigenvalue weighted by Gasteiger charge is -2.15. The summed E-state index contributed by atoms with van der Waals surface area (Å²) < 4.78 is 5.80. The molecular weight excluding hydrogens is 322 g/mol. The van der Waals surface area contributed by atoms with Gasteiger partial charge in [-0.15, -0.1) is 0 Å². The number of fused-ring (bicyclic) bond motifs is 1. The molecule has 3 aromatic rings. The van der Waals surface area contributed by atoms with E-state index in [2.05, 4.69) is 42.6 Å². The molecule has 0 heterocycles. The van der Waals surface area contributed by atoms with Crippen LogP contribution in [-0.4, -0.2) is 18.6 Å². The number of hydrogen-bond donors (Lipinski definition) is 1. The van der Waals surface area contributed by atoms with Crippen molar-refractivity contribution in [2.75, 3.05) is 6.54 Å². The second-order valence-corrected chi connectivity index (χ2v) is 6.65. The smallest absolute Gasteiger partial charge is 0.260 e. The lowest BCUT2D eigenvalue weighted by Crippen LogP contribution is -2.36. The maximum Gasteiger partial charge on any atom is 0.260 e. The van der Waals surface area contributed by atoms with Crippen molar-refractivity contribution >= 4 is 16.7 Å². The number of nitrogens with one attached hydrogen (secondary N) is 1. The van der Waals surface area contributed by atoms with E-state index in [9.17, 15) is 4.79 Å². The van der Waals surface area contributed by atoms with Crippen LogP contribution in [0.25, 0.3) is 10.8 Å². The van der Waals surface area contributed by atoms with E-state index in [0.29, 0.717) is 12.3 Å². The average Bonchev–Trinajstić information content (AvgIpc) is 2.65. The summed E-state index contributed by atoms with van der Waals surface area (Å²) in [5.74, 6) is 0.633. The Bertz CT molecular complexity index is 888. The Balaban J connectivity index is 1.46. The molecule has 0 aliphatic carbocycles. The lowest BCUT2D eigenvalue weighted by molar-refractivity contribution is -0.127. The van der Waals surface area contributed by atoms with Gasteiger partial charge in [0.2, 0.25) is 0 Å². The molecule has 0 unspecified atom stereocenters. The largest absolute Gasteiger partial charge is 0.481 e. The van der Waals surface area contributed by atoms with Gasteiger partial charge in [-0.2, -0.15) is 0 Å². The molecule has 1 N–H and O–H groups in total. The second-order valence-electron chi connectivity index (χ2n) is 6.65. The summed E-state index contributed by atoms with van der Waals surface area (Å²) in [7, 11) is 0. The van der Waals surface area contributed by atoms with Gasteiger partial charge in [-0.3, -0.25) is 4.79 Å². The van der Waals surface area contributed by atoms with Crippen LogP contribution in [0.15, 0.2) is 66.7 Å². The predicted octanol–water partition coefficient (Wildman–Crippen LogP) is 4.66. The number of hydrogen-bond acceptors (Lipinski definition) is 2. The number of rotatable bonds is 7. The molecular formula is C23H25NO2. The van der Waals surface area contributed by atoms with Gasteiger partial charge < -0.3 is 10.1 Å². The van der Waals surface area contributed by atoms with Crippen molar-refractivity contribution in [2.24, 2.45) is 0 Å². The molecule has 0 saturated heterocycles. The van der Waals surface area contributed by atoms with Gasteiger partial charge in [0.1, 0.15) is 5.75 Å². The number of amides is 1.